The Labute approximate surface area is 147 Å². The average molecular weight is 329 g/mol. The van der Waals surface area contributed by atoms with E-state index < -0.39 is 0 Å². The zero-order valence-electron chi connectivity index (χ0n) is 14.2. The molecule has 0 N–H and O–H groups in total. The minimum Gasteiger partial charge on any atom is -0.339 e. The quantitative estimate of drug-likeness (QED) is 0.405. The lowest BCUT2D eigenvalue weighted by atomic mass is 10.0. The summed E-state index contributed by atoms with van der Waals surface area (Å²) in [6.45, 7) is 2.15. The molecule has 0 saturated carbocycles. The summed E-state index contributed by atoms with van der Waals surface area (Å²) >= 11 is 0. The van der Waals surface area contributed by atoms with Crippen molar-refractivity contribution in [3.63, 3.8) is 0 Å². The lowest BCUT2D eigenvalue weighted by molar-refractivity contribution is 0.572. The zero-order chi connectivity index (χ0) is 17.2. The molecule has 0 aliphatic carbocycles. The Morgan fingerprint density at radius 3 is 2.40 bits per heavy atom. The molecule has 1 unspecified atom stereocenters. The molecule has 0 spiro atoms. The monoisotopic (exact) mass is 329 g/mol. The molecule has 2 heteroatoms. The Balaban J connectivity index is 1.93. The van der Waals surface area contributed by atoms with E-state index in [1.807, 2.05) is 12.1 Å². The first-order valence-corrected chi connectivity index (χ1v) is 8.68. The SMILES string of the molecule is CCC(c1cccc(F)c1)n1cc(-c2ccccc2)c2ccccc21. The minimum atomic E-state index is -0.185. The van der Waals surface area contributed by atoms with Crippen molar-refractivity contribution in [2.75, 3.05) is 0 Å². The Bertz CT molecular complexity index is 1000. The van der Waals surface area contributed by atoms with Gasteiger partial charge in [-0.15, -0.1) is 0 Å². The van der Waals surface area contributed by atoms with E-state index in [-0.39, 0.29) is 11.9 Å². The van der Waals surface area contributed by atoms with Crippen LogP contribution in [0.5, 0.6) is 0 Å². The fourth-order valence-corrected chi connectivity index (χ4v) is 3.62. The lowest BCUT2D eigenvalue weighted by Gasteiger charge is -2.19. The van der Waals surface area contributed by atoms with Gasteiger partial charge in [-0.3, -0.25) is 0 Å². The summed E-state index contributed by atoms with van der Waals surface area (Å²) in [6.07, 6.45) is 3.11. The van der Waals surface area contributed by atoms with Crippen LogP contribution in [0.25, 0.3) is 22.0 Å². The molecule has 1 atom stereocenters. The van der Waals surface area contributed by atoms with Crippen LogP contribution in [0.1, 0.15) is 24.9 Å². The third-order valence-corrected chi connectivity index (χ3v) is 4.78. The van der Waals surface area contributed by atoms with Crippen molar-refractivity contribution in [2.45, 2.75) is 19.4 Å². The lowest BCUT2D eigenvalue weighted by Crippen LogP contribution is -2.08. The largest absolute Gasteiger partial charge is 0.339 e. The van der Waals surface area contributed by atoms with E-state index in [4.69, 9.17) is 0 Å². The second-order valence-corrected chi connectivity index (χ2v) is 6.31. The maximum absolute atomic E-state index is 13.8. The summed E-state index contributed by atoms with van der Waals surface area (Å²) in [4.78, 5) is 0. The maximum Gasteiger partial charge on any atom is 0.123 e. The Morgan fingerprint density at radius 1 is 0.880 bits per heavy atom. The van der Waals surface area contributed by atoms with E-state index in [2.05, 4.69) is 66.2 Å². The highest BCUT2D eigenvalue weighted by Crippen LogP contribution is 2.35. The van der Waals surface area contributed by atoms with E-state index in [0.717, 1.165) is 12.0 Å². The Hall–Kier alpha value is -2.87. The first-order valence-electron chi connectivity index (χ1n) is 8.68. The molecule has 4 rings (SSSR count). The van der Waals surface area contributed by atoms with Gasteiger partial charge >= 0.3 is 0 Å². The molecular weight excluding hydrogens is 309 g/mol. The Morgan fingerprint density at radius 2 is 1.64 bits per heavy atom. The van der Waals surface area contributed by atoms with Crippen LogP contribution in [0.3, 0.4) is 0 Å². The van der Waals surface area contributed by atoms with Crippen LogP contribution in [0, 0.1) is 5.82 Å². The van der Waals surface area contributed by atoms with Crippen molar-refractivity contribution in [2.24, 2.45) is 0 Å². The van der Waals surface area contributed by atoms with E-state index in [1.54, 1.807) is 12.1 Å². The molecule has 1 heterocycles. The van der Waals surface area contributed by atoms with Gasteiger partial charge in [-0.1, -0.05) is 67.6 Å². The normalized spacial score (nSPS) is 12.4. The van der Waals surface area contributed by atoms with Crippen molar-refractivity contribution in [3.8, 4) is 11.1 Å². The van der Waals surface area contributed by atoms with Crippen LogP contribution in [0.4, 0.5) is 4.39 Å². The second-order valence-electron chi connectivity index (χ2n) is 6.31. The summed E-state index contributed by atoms with van der Waals surface area (Å²) in [7, 11) is 0. The van der Waals surface area contributed by atoms with Crippen molar-refractivity contribution in [1.29, 1.82) is 0 Å². The zero-order valence-corrected chi connectivity index (χ0v) is 14.2. The number of fused-ring (bicyclic) bond motifs is 1. The topological polar surface area (TPSA) is 4.93 Å². The first-order chi connectivity index (χ1) is 12.3. The molecule has 4 aromatic rings. The van der Waals surface area contributed by atoms with Gasteiger partial charge in [-0.05, 0) is 35.7 Å². The summed E-state index contributed by atoms with van der Waals surface area (Å²) < 4.78 is 16.0. The highest BCUT2D eigenvalue weighted by molar-refractivity contribution is 5.96. The van der Waals surface area contributed by atoms with Crippen molar-refractivity contribution in [3.05, 3.63) is 96.4 Å². The van der Waals surface area contributed by atoms with Gasteiger partial charge in [0.1, 0.15) is 5.82 Å². The van der Waals surface area contributed by atoms with Gasteiger partial charge in [0.2, 0.25) is 0 Å². The number of rotatable bonds is 4. The van der Waals surface area contributed by atoms with E-state index >= 15 is 0 Å². The van der Waals surface area contributed by atoms with Crippen LogP contribution in [0.2, 0.25) is 0 Å². The van der Waals surface area contributed by atoms with Gasteiger partial charge in [0.15, 0.2) is 0 Å². The number of nitrogens with zero attached hydrogens (tertiary/aromatic N) is 1. The van der Waals surface area contributed by atoms with Crippen LogP contribution in [0.15, 0.2) is 85.1 Å². The molecule has 1 nitrogen and oxygen atoms in total. The highest BCUT2D eigenvalue weighted by Gasteiger charge is 2.17. The van der Waals surface area contributed by atoms with Crippen LogP contribution >= 0.6 is 0 Å². The van der Waals surface area contributed by atoms with Crippen LogP contribution < -0.4 is 0 Å². The van der Waals surface area contributed by atoms with Crippen molar-refractivity contribution < 1.29 is 4.39 Å². The molecular formula is C23H20FN. The summed E-state index contributed by atoms with van der Waals surface area (Å²) in [5, 5.41) is 1.23. The molecule has 124 valence electrons. The molecule has 0 amide bonds. The minimum absolute atomic E-state index is 0.109. The molecule has 3 aromatic carbocycles. The van der Waals surface area contributed by atoms with Crippen molar-refractivity contribution in [1.82, 2.24) is 4.57 Å². The van der Waals surface area contributed by atoms with Gasteiger partial charge in [0.05, 0.1) is 6.04 Å². The smallest absolute Gasteiger partial charge is 0.123 e. The van der Waals surface area contributed by atoms with Gasteiger partial charge in [0.25, 0.3) is 0 Å². The third-order valence-electron chi connectivity index (χ3n) is 4.78. The molecule has 25 heavy (non-hydrogen) atoms. The van der Waals surface area contributed by atoms with E-state index in [1.165, 1.54) is 28.1 Å². The molecule has 0 aliphatic heterocycles. The summed E-state index contributed by atoms with van der Waals surface area (Å²) in [5.74, 6) is -0.185. The molecule has 1 aromatic heterocycles. The van der Waals surface area contributed by atoms with Gasteiger partial charge in [-0.2, -0.15) is 0 Å². The number of benzene rings is 3. The molecule has 0 radical (unpaired) electrons. The van der Waals surface area contributed by atoms with Crippen LogP contribution in [-0.4, -0.2) is 4.57 Å². The van der Waals surface area contributed by atoms with Gasteiger partial charge in [0, 0.05) is 22.7 Å². The number of para-hydroxylation sites is 1. The summed E-state index contributed by atoms with van der Waals surface area (Å²) in [5.41, 5.74) is 4.60. The van der Waals surface area contributed by atoms with E-state index in [9.17, 15) is 4.39 Å². The number of halogens is 1. The first kappa shape index (κ1) is 15.6. The fourth-order valence-electron chi connectivity index (χ4n) is 3.62. The van der Waals surface area contributed by atoms with Gasteiger partial charge < -0.3 is 4.57 Å². The highest BCUT2D eigenvalue weighted by atomic mass is 19.1. The van der Waals surface area contributed by atoms with Gasteiger partial charge in [-0.25, -0.2) is 4.39 Å². The average Bonchev–Trinajstić information content (AvgIpc) is 3.03. The number of aromatic nitrogens is 1. The predicted molar refractivity (Wildman–Crippen MR) is 102 cm³/mol. The molecule has 0 bridgehead atoms. The number of hydrogen-bond donors (Lipinski definition) is 0. The molecule has 0 fully saturated rings. The predicted octanol–water partition coefficient (Wildman–Crippen LogP) is 6.45. The maximum atomic E-state index is 13.8. The molecule has 0 aliphatic rings. The summed E-state index contributed by atoms with van der Waals surface area (Å²) in [6, 6.07) is 25.9. The third kappa shape index (κ3) is 2.85. The standard InChI is InChI=1S/C23H20FN/c1-2-22(18-11-8-12-19(24)15-18)25-16-21(17-9-4-3-5-10-17)20-13-6-7-14-23(20)25/h3-16,22H,2H2,1H3. The second kappa shape index (κ2) is 6.56. The van der Waals surface area contributed by atoms with Crippen molar-refractivity contribution >= 4 is 10.9 Å². The fraction of sp³-hybridized carbons (Fsp3) is 0.130. The number of hydrogen-bond acceptors (Lipinski definition) is 0. The van der Waals surface area contributed by atoms with Crippen LogP contribution in [-0.2, 0) is 0 Å². The van der Waals surface area contributed by atoms with E-state index in [0.29, 0.717) is 0 Å². The Kier molecular flexibility index (Phi) is 4.10. The molecule has 0 saturated heterocycles.